The van der Waals surface area contributed by atoms with E-state index in [9.17, 15) is 0 Å². The third-order valence-electron chi connectivity index (χ3n) is 2.28. The first-order chi connectivity index (χ1) is 6.63. The summed E-state index contributed by atoms with van der Waals surface area (Å²) >= 11 is 5.30. The van der Waals surface area contributed by atoms with E-state index in [1.165, 1.54) is 21.5 Å². The Balaban J connectivity index is 2.45. The first-order valence-corrected chi connectivity index (χ1v) is 6.75. The van der Waals surface area contributed by atoms with E-state index >= 15 is 0 Å². The Bertz CT molecular complexity index is 272. The minimum atomic E-state index is 0.466. The van der Waals surface area contributed by atoms with Crippen molar-refractivity contribution < 1.29 is 0 Å². The number of thiophene rings is 1. The molecule has 0 saturated carbocycles. The molecule has 0 radical (unpaired) electrons. The Labute approximate surface area is 99.0 Å². The maximum absolute atomic E-state index is 3.60. The first-order valence-electron chi connectivity index (χ1n) is 5.14. The molecular weight excluding hydrogens is 258 g/mol. The molecule has 0 saturated heterocycles. The molecule has 1 aromatic heterocycles. The average molecular weight is 276 g/mol. The van der Waals surface area contributed by atoms with E-state index in [4.69, 9.17) is 0 Å². The van der Waals surface area contributed by atoms with Crippen LogP contribution in [0.1, 0.15) is 44.5 Å². The summed E-state index contributed by atoms with van der Waals surface area (Å²) < 4.78 is 1.21. The number of hydrogen-bond donors (Lipinski definition) is 1. The summed E-state index contributed by atoms with van der Waals surface area (Å²) in [6.07, 6.45) is 2.49. The summed E-state index contributed by atoms with van der Waals surface area (Å²) in [5.74, 6) is 0. The second-order valence-corrected chi connectivity index (χ2v) is 6.21. The highest BCUT2D eigenvalue weighted by Crippen LogP contribution is 2.27. The van der Waals surface area contributed by atoms with Crippen molar-refractivity contribution >= 4 is 27.3 Å². The second-order valence-electron chi connectivity index (χ2n) is 3.72. The van der Waals surface area contributed by atoms with Gasteiger partial charge in [-0.3, -0.25) is 0 Å². The van der Waals surface area contributed by atoms with Crippen molar-refractivity contribution in [3.05, 3.63) is 20.8 Å². The molecule has 1 heterocycles. The molecule has 1 aromatic rings. The number of halogens is 1. The van der Waals surface area contributed by atoms with Gasteiger partial charge in [0, 0.05) is 17.0 Å². The van der Waals surface area contributed by atoms with Crippen molar-refractivity contribution in [1.82, 2.24) is 5.32 Å². The number of hydrogen-bond acceptors (Lipinski definition) is 2. The van der Waals surface area contributed by atoms with E-state index in [2.05, 4.69) is 54.2 Å². The molecule has 0 aromatic carbocycles. The van der Waals surface area contributed by atoms with Crippen LogP contribution < -0.4 is 5.32 Å². The average Bonchev–Trinajstić information content (AvgIpc) is 2.52. The molecule has 0 aliphatic carbocycles. The van der Waals surface area contributed by atoms with Gasteiger partial charge in [0.25, 0.3) is 0 Å². The van der Waals surface area contributed by atoms with Gasteiger partial charge in [0.2, 0.25) is 0 Å². The van der Waals surface area contributed by atoms with Crippen LogP contribution >= 0.6 is 27.3 Å². The summed E-state index contributed by atoms with van der Waals surface area (Å²) in [7, 11) is 0. The van der Waals surface area contributed by atoms with Crippen molar-refractivity contribution in [3.8, 4) is 0 Å². The van der Waals surface area contributed by atoms with E-state index in [1.54, 1.807) is 0 Å². The predicted molar refractivity (Wildman–Crippen MR) is 67.9 cm³/mol. The van der Waals surface area contributed by atoms with Crippen LogP contribution in [0.4, 0.5) is 0 Å². The smallest absolute Gasteiger partial charge is 0.0701 e. The van der Waals surface area contributed by atoms with Gasteiger partial charge in [-0.25, -0.2) is 0 Å². The molecule has 0 amide bonds. The standard InChI is InChI=1S/C11H18BrNS/c1-4-5-8(2)13-9(3)10-6-7-11(12)14-10/h6-9,13H,4-5H2,1-3H3. The third kappa shape index (κ3) is 3.71. The van der Waals surface area contributed by atoms with E-state index in [-0.39, 0.29) is 0 Å². The normalized spacial score (nSPS) is 15.4. The quantitative estimate of drug-likeness (QED) is 0.843. The van der Waals surface area contributed by atoms with E-state index in [1.807, 2.05) is 11.3 Å². The molecule has 1 N–H and O–H groups in total. The second kappa shape index (κ2) is 5.89. The van der Waals surface area contributed by atoms with E-state index < -0.39 is 0 Å². The molecule has 1 nitrogen and oxygen atoms in total. The van der Waals surface area contributed by atoms with E-state index in [0.29, 0.717) is 12.1 Å². The molecule has 0 fully saturated rings. The van der Waals surface area contributed by atoms with Crippen LogP contribution in [0.25, 0.3) is 0 Å². The Morgan fingerprint density at radius 3 is 2.64 bits per heavy atom. The minimum Gasteiger partial charge on any atom is -0.307 e. The van der Waals surface area contributed by atoms with Gasteiger partial charge >= 0.3 is 0 Å². The van der Waals surface area contributed by atoms with Crippen LogP contribution in [-0.2, 0) is 0 Å². The molecular formula is C11H18BrNS. The van der Waals surface area contributed by atoms with Crippen LogP contribution in [0.5, 0.6) is 0 Å². The van der Waals surface area contributed by atoms with Crippen molar-refractivity contribution in [1.29, 1.82) is 0 Å². The van der Waals surface area contributed by atoms with Gasteiger partial charge in [0.15, 0.2) is 0 Å². The van der Waals surface area contributed by atoms with Gasteiger partial charge < -0.3 is 5.32 Å². The molecule has 80 valence electrons. The topological polar surface area (TPSA) is 12.0 Å². The monoisotopic (exact) mass is 275 g/mol. The van der Waals surface area contributed by atoms with Crippen LogP contribution in [0, 0.1) is 0 Å². The molecule has 2 unspecified atom stereocenters. The summed E-state index contributed by atoms with van der Waals surface area (Å²) in [5, 5.41) is 3.60. The zero-order valence-corrected chi connectivity index (χ0v) is 11.4. The SMILES string of the molecule is CCCC(C)NC(C)c1ccc(Br)s1. The number of rotatable bonds is 5. The molecule has 1 rings (SSSR count). The first kappa shape index (κ1) is 12.2. The third-order valence-corrected chi connectivity index (χ3v) is 4.08. The molecule has 0 bridgehead atoms. The largest absolute Gasteiger partial charge is 0.307 e. The van der Waals surface area contributed by atoms with Crippen LogP contribution in [0.2, 0.25) is 0 Å². The van der Waals surface area contributed by atoms with E-state index in [0.717, 1.165) is 0 Å². The van der Waals surface area contributed by atoms with Crippen LogP contribution in [-0.4, -0.2) is 6.04 Å². The molecule has 3 heteroatoms. The van der Waals surface area contributed by atoms with Crippen LogP contribution in [0.15, 0.2) is 15.9 Å². The van der Waals surface area contributed by atoms with Gasteiger partial charge in [-0.15, -0.1) is 11.3 Å². The Hall–Kier alpha value is 0.140. The minimum absolute atomic E-state index is 0.466. The summed E-state index contributed by atoms with van der Waals surface area (Å²) in [6, 6.07) is 5.37. The molecule has 0 spiro atoms. The number of nitrogens with one attached hydrogen (secondary N) is 1. The Morgan fingerprint density at radius 2 is 2.14 bits per heavy atom. The van der Waals surface area contributed by atoms with Crippen molar-refractivity contribution in [2.45, 2.75) is 45.7 Å². The molecule has 0 aliphatic rings. The maximum atomic E-state index is 3.60. The summed E-state index contributed by atoms with van der Waals surface area (Å²) in [4.78, 5) is 1.40. The van der Waals surface area contributed by atoms with Gasteiger partial charge in [-0.05, 0) is 48.3 Å². The van der Waals surface area contributed by atoms with Crippen molar-refractivity contribution in [3.63, 3.8) is 0 Å². The maximum Gasteiger partial charge on any atom is 0.0701 e. The fourth-order valence-corrected chi connectivity index (χ4v) is 3.02. The zero-order chi connectivity index (χ0) is 10.6. The highest BCUT2D eigenvalue weighted by atomic mass is 79.9. The van der Waals surface area contributed by atoms with Crippen LogP contribution in [0.3, 0.4) is 0 Å². The van der Waals surface area contributed by atoms with Crippen molar-refractivity contribution in [2.24, 2.45) is 0 Å². The highest BCUT2D eigenvalue weighted by molar-refractivity contribution is 9.11. The lowest BCUT2D eigenvalue weighted by Crippen LogP contribution is -2.28. The van der Waals surface area contributed by atoms with Gasteiger partial charge in [0.05, 0.1) is 3.79 Å². The molecule has 0 aliphatic heterocycles. The summed E-state index contributed by atoms with van der Waals surface area (Å²) in [5.41, 5.74) is 0. The molecule has 2 atom stereocenters. The molecule has 14 heavy (non-hydrogen) atoms. The van der Waals surface area contributed by atoms with Gasteiger partial charge in [0.1, 0.15) is 0 Å². The predicted octanol–water partition coefficient (Wildman–Crippen LogP) is 4.35. The van der Waals surface area contributed by atoms with Gasteiger partial charge in [-0.2, -0.15) is 0 Å². The summed E-state index contributed by atoms with van der Waals surface area (Å²) in [6.45, 7) is 6.71. The van der Waals surface area contributed by atoms with Gasteiger partial charge in [-0.1, -0.05) is 13.3 Å². The zero-order valence-electron chi connectivity index (χ0n) is 9.01. The fourth-order valence-electron chi connectivity index (χ4n) is 1.59. The lowest BCUT2D eigenvalue weighted by molar-refractivity contribution is 0.456. The highest BCUT2D eigenvalue weighted by Gasteiger charge is 2.10. The lowest BCUT2D eigenvalue weighted by Gasteiger charge is -2.18. The lowest BCUT2D eigenvalue weighted by atomic mass is 10.1. The van der Waals surface area contributed by atoms with Crippen molar-refractivity contribution in [2.75, 3.05) is 0 Å². The Morgan fingerprint density at radius 1 is 1.43 bits per heavy atom. The Kier molecular flexibility index (Phi) is 5.13. The fraction of sp³-hybridized carbons (Fsp3) is 0.636.